The number of ether oxygens (including phenoxy) is 4. The van der Waals surface area contributed by atoms with Gasteiger partial charge in [0.05, 0.1) is 26.0 Å². The zero-order valence-corrected chi connectivity index (χ0v) is 18.6. The Morgan fingerprint density at radius 2 is 1.85 bits per heavy atom. The number of hydrogen-bond acceptors (Lipinski definition) is 7. The summed E-state index contributed by atoms with van der Waals surface area (Å²) >= 11 is 0. The van der Waals surface area contributed by atoms with Gasteiger partial charge in [-0.1, -0.05) is 6.07 Å². The molecule has 0 aromatic heterocycles. The number of methoxy groups -OCH3 is 1. The summed E-state index contributed by atoms with van der Waals surface area (Å²) in [6, 6.07) is 11.1. The van der Waals surface area contributed by atoms with Crippen molar-refractivity contribution >= 4 is 23.3 Å². The Labute approximate surface area is 191 Å². The molecule has 1 fully saturated rings. The molecule has 1 saturated heterocycles. The molecule has 2 aliphatic rings. The minimum atomic E-state index is -0.739. The average Bonchev–Trinajstić information content (AvgIpc) is 2.86. The number of benzene rings is 2. The molecule has 2 aliphatic heterocycles. The van der Waals surface area contributed by atoms with Crippen LogP contribution in [0.2, 0.25) is 0 Å². The standard InChI is InChI=1S/C24H26N2O7/c1-16(24(29)25-8-10-31-11-9-25)26-20-12-17(6-7-22(20)33-15-23(26)28)21(27)14-32-19-5-3-4-18(13-19)30-2/h3-7,12-13,16H,8-11,14-15H2,1-2H3/t16-/m1/s1. The number of fused-ring (bicyclic) bond motifs is 1. The van der Waals surface area contributed by atoms with Gasteiger partial charge in [-0.2, -0.15) is 0 Å². The molecule has 2 heterocycles. The third-order valence-electron chi connectivity index (χ3n) is 5.64. The van der Waals surface area contributed by atoms with Gasteiger partial charge in [0.2, 0.25) is 5.91 Å². The molecule has 2 aromatic rings. The molecule has 33 heavy (non-hydrogen) atoms. The molecule has 4 rings (SSSR count). The summed E-state index contributed by atoms with van der Waals surface area (Å²) in [5, 5.41) is 0. The van der Waals surface area contributed by atoms with Gasteiger partial charge in [0.1, 0.15) is 23.3 Å². The Morgan fingerprint density at radius 1 is 1.09 bits per heavy atom. The van der Waals surface area contributed by atoms with Crippen molar-refractivity contribution in [1.29, 1.82) is 0 Å². The van der Waals surface area contributed by atoms with Crippen LogP contribution in [0.4, 0.5) is 5.69 Å². The summed E-state index contributed by atoms with van der Waals surface area (Å²) in [6.45, 7) is 3.23. The van der Waals surface area contributed by atoms with Crippen LogP contribution in [0.5, 0.6) is 17.2 Å². The molecule has 9 nitrogen and oxygen atoms in total. The van der Waals surface area contributed by atoms with Crippen LogP contribution in [0.25, 0.3) is 0 Å². The van der Waals surface area contributed by atoms with Gasteiger partial charge in [-0.3, -0.25) is 19.3 Å². The highest BCUT2D eigenvalue weighted by atomic mass is 16.5. The average molecular weight is 454 g/mol. The van der Waals surface area contributed by atoms with Gasteiger partial charge >= 0.3 is 0 Å². The Balaban J connectivity index is 1.52. The first-order valence-electron chi connectivity index (χ1n) is 10.7. The zero-order chi connectivity index (χ0) is 23.4. The predicted octanol–water partition coefficient (Wildman–Crippen LogP) is 1.93. The van der Waals surface area contributed by atoms with E-state index in [-0.39, 0.29) is 30.8 Å². The lowest BCUT2D eigenvalue weighted by Crippen LogP contribution is -2.54. The number of morpholine rings is 1. The Morgan fingerprint density at radius 3 is 2.61 bits per heavy atom. The number of anilines is 1. The molecule has 0 aliphatic carbocycles. The van der Waals surface area contributed by atoms with Crippen molar-refractivity contribution in [2.45, 2.75) is 13.0 Å². The van der Waals surface area contributed by atoms with E-state index in [0.717, 1.165) is 0 Å². The second-order valence-electron chi connectivity index (χ2n) is 7.74. The second kappa shape index (κ2) is 9.91. The van der Waals surface area contributed by atoms with E-state index in [2.05, 4.69) is 0 Å². The summed E-state index contributed by atoms with van der Waals surface area (Å²) in [7, 11) is 1.55. The SMILES string of the molecule is COc1cccc(OCC(=O)c2ccc3c(c2)N([C@H](C)C(=O)N2CCOCC2)C(=O)CO3)c1. The molecule has 0 saturated carbocycles. The number of hydrogen-bond donors (Lipinski definition) is 0. The van der Waals surface area contributed by atoms with Gasteiger partial charge in [0, 0.05) is 24.7 Å². The normalized spacial score (nSPS) is 16.5. The van der Waals surface area contributed by atoms with E-state index in [9.17, 15) is 14.4 Å². The van der Waals surface area contributed by atoms with E-state index in [0.29, 0.717) is 54.8 Å². The first-order chi connectivity index (χ1) is 16.0. The summed E-state index contributed by atoms with van der Waals surface area (Å²) < 4.78 is 21.6. The van der Waals surface area contributed by atoms with Crippen LogP contribution in [-0.4, -0.2) is 75.2 Å². The highest BCUT2D eigenvalue weighted by molar-refractivity contribution is 6.05. The van der Waals surface area contributed by atoms with Crippen molar-refractivity contribution in [3.8, 4) is 17.2 Å². The van der Waals surface area contributed by atoms with Crippen LogP contribution in [0.15, 0.2) is 42.5 Å². The molecule has 9 heteroatoms. The number of carbonyl (C=O) groups excluding carboxylic acids is 3. The molecule has 1 atom stereocenters. The number of carbonyl (C=O) groups is 3. The van der Waals surface area contributed by atoms with Crippen LogP contribution in [0.3, 0.4) is 0 Å². The van der Waals surface area contributed by atoms with E-state index >= 15 is 0 Å². The molecule has 2 amide bonds. The predicted molar refractivity (Wildman–Crippen MR) is 119 cm³/mol. The largest absolute Gasteiger partial charge is 0.497 e. The third kappa shape index (κ3) is 4.93. The summed E-state index contributed by atoms with van der Waals surface area (Å²) in [6.07, 6.45) is 0. The monoisotopic (exact) mass is 454 g/mol. The Bertz CT molecular complexity index is 1050. The molecular formula is C24H26N2O7. The minimum Gasteiger partial charge on any atom is -0.497 e. The number of nitrogens with zero attached hydrogens (tertiary/aromatic N) is 2. The molecule has 0 N–H and O–H groups in total. The fraction of sp³-hybridized carbons (Fsp3) is 0.375. The van der Waals surface area contributed by atoms with Gasteiger partial charge in [-0.25, -0.2) is 0 Å². The fourth-order valence-corrected chi connectivity index (χ4v) is 3.85. The van der Waals surface area contributed by atoms with E-state index in [1.54, 1.807) is 61.4 Å². The van der Waals surface area contributed by atoms with Gasteiger partial charge in [0.25, 0.3) is 5.91 Å². The van der Waals surface area contributed by atoms with Crippen molar-refractivity contribution in [2.24, 2.45) is 0 Å². The zero-order valence-electron chi connectivity index (χ0n) is 18.6. The van der Waals surface area contributed by atoms with Gasteiger partial charge in [0.15, 0.2) is 19.0 Å². The van der Waals surface area contributed by atoms with E-state index in [1.807, 2.05) is 0 Å². The lowest BCUT2D eigenvalue weighted by molar-refractivity contribution is -0.138. The van der Waals surface area contributed by atoms with Crippen LogP contribution in [-0.2, 0) is 14.3 Å². The molecule has 0 spiro atoms. The third-order valence-corrected chi connectivity index (χ3v) is 5.64. The summed E-state index contributed by atoms with van der Waals surface area (Å²) in [5.74, 6) is 0.795. The maximum Gasteiger partial charge on any atom is 0.265 e. The maximum atomic E-state index is 13.0. The van der Waals surface area contributed by atoms with Gasteiger partial charge in [-0.05, 0) is 37.3 Å². The van der Waals surface area contributed by atoms with Gasteiger partial charge < -0.3 is 23.8 Å². The first-order valence-corrected chi connectivity index (χ1v) is 10.7. The smallest absolute Gasteiger partial charge is 0.265 e. The van der Waals surface area contributed by atoms with Crippen molar-refractivity contribution in [1.82, 2.24) is 4.90 Å². The Hall–Kier alpha value is -3.59. The summed E-state index contributed by atoms with van der Waals surface area (Å²) in [4.78, 5) is 41.7. The topological polar surface area (TPSA) is 94.6 Å². The van der Waals surface area contributed by atoms with Crippen molar-refractivity contribution in [2.75, 3.05) is 51.5 Å². The Kier molecular flexibility index (Phi) is 6.79. The highest BCUT2D eigenvalue weighted by Gasteiger charge is 2.36. The van der Waals surface area contributed by atoms with Crippen LogP contribution >= 0.6 is 0 Å². The van der Waals surface area contributed by atoms with Crippen molar-refractivity contribution in [3.63, 3.8) is 0 Å². The minimum absolute atomic E-state index is 0.167. The number of Topliss-reactive ketones (excluding diaryl/α,β-unsaturated/α-hetero) is 1. The van der Waals surface area contributed by atoms with Crippen LogP contribution in [0, 0.1) is 0 Å². The quantitative estimate of drug-likeness (QED) is 0.590. The van der Waals surface area contributed by atoms with Crippen molar-refractivity contribution in [3.05, 3.63) is 48.0 Å². The van der Waals surface area contributed by atoms with Crippen LogP contribution in [0.1, 0.15) is 17.3 Å². The fourth-order valence-electron chi connectivity index (χ4n) is 3.85. The lowest BCUT2D eigenvalue weighted by atomic mass is 10.1. The molecule has 0 unspecified atom stereocenters. The van der Waals surface area contributed by atoms with E-state index in [1.165, 1.54) is 4.90 Å². The molecule has 0 bridgehead atoms. The number of rotatable bonds is 7. The summed E-state index contributed by atoms with van der Waals surface area (Å²) in [5.41, 5.74) is 0.749. The lowest BCUT2D eigenvalue weighted by Gasteiger charge is -2.37. The van der Waals surface area contributed by atoms with Crippen LogP contribution < -0.4 is 19.1 Å². The molecule has 0 radical (unpaired) electrons. The first kappa shape index (κ1) is 22.6. The van der Waals surface area contributed by atoms with Gasteiger partial charge in [-0.15, -0.1) is 0 Å². The highest BCUT2D eigenvalue weighted by Crippen LogP contribution is 2.35. The molecule has 174 valence electrons. The van der Waals surface area contributed by atoms with E-state index in [4.69, 9.17) is 18.9 Å². The second-order valence-corrected chi connectivity index (χ2v) is 7.74. The number of amides is 2. The maximum absolute atomic E-state index is 13.0. The molecular weight excluding hydrogens is 428 g/mol. The molecule has 2 aromatic carbocycles. The van der Waals surface area contributed by atoms with E-state index < -0.39 is 6.04 Å². The van der Waals surface area contributed by atoms with Crippen molar-refractivity contribution < 1.29 is 33.3 Å². The number of ketones is 1.